The second kappa shape index (κ2) is 4.19. The maximum absolute atomic E-state index is 12.5. The van der Waals surface area contributed by atoms with Crippen molar-refractivity contribution in [2.24, 2.45) is 23.2 Å². The normalized spacial score (nSPS) is 38.9. The van der Waals surface area contributed by atoms with Gasteiger partial charge in [0.1, 0.15) is 0 Å². The third kappa shape index (κ3) is 1.50. The van der Waals surface area contributed by atoms with Crippen LogP contribution in [0.3, 0.4) is 0 Å². The van der Waals surface area contributed by atoms with Crippen LogP contribution in [0, 0.1) is 23.2 Å². The standard InChI is InChI=1S/C16H19NO2/c1-3-5-7-16-8-6-11(10-16)12-13(16)15(19)17(9-4-2)14(12)18/h3-4,6,8,11-13H,1-2,5,7,9-10H2. The Morgan fingerprint density at radius 2 is 2.11 bits per heavy atom. The molecule has 3 aliphatic rings. The Morgan fingerprint density at radius 1 is 1.32 bits per heavy atom. The lowest BCUT2D eigenvalue weighted by atomic mass is 9.72. The summed E-state index contributed by atoms with van der Waals surface area (Å²) in [4.78, 5) is 26.3. The Morgan fingerprint density at radius 3 is 2.79 bits per heavy atom. The van der Waals surface area contributed by atoms with Crippen molar-refractivity contribution >= 4 is 11.8 Å². The van der Waals surface area contributed by atoms with E-state index in [-0.39, 0.29) is 35.0 Å². The highest BCUT2D eigenvalue weighted by Crippen LogP contribution is 2.61. The molecule has 0 aromatic rings. The van der Waals surface area contributed by atoms with Crippen LogP contribution in [0.2, 0.25) is 0 Å². The first-order chi connectivity index (χ1) is 9.14. The van der Waals surface area contributed by atoms with Gasteiger partial charge >= 0.3 is 0 Å². The van der Waals surface area contributed by atoms with Crippen LogP contribution >= 0.6 is 0 Å². The van der Waals surface area contributed by atoms with Crippen LogP contribution in [0.25, 0.3) is 0 Å². The number of likely N-dealkylation sites (tertiary alicyclic amines) is 1. The van der Waals surface area contributed by atoms with E-state index in [2.05, 4.69) is 25.3 Å². The van der Waals surface area contributed by atoms with Gasteiger partial charge in [0.2, 0.25) is 11.8 Å². The summed E-state index contributed by atoms with van der Waals surface area (Å²) in [5, 5.41) is 0. The zero-order valence-corrected chi connectivity index (χ0v) is 11.0. The lowest BCUT2D eigenvalue weighted by molar-refractivity contribution is -0.140. The number of amides is 2. The first-order valence-corrected chi connectivity index (χ1v) is 6.91. The van der Waals surface area contributed by atoms with Gasteiger partial charge in [0.05, 0.1) is 11.8 Å². The molecule has 1 aliphatic heterocycles. The van der Waals surface area contributed by atoms with Crippen molar-refractivity contribution in [1.29, 1.82) is 0 Å². The number of carbonyl (C=O) groups is 2. The van der Waals surface area contributed by atoms with Crippen molar-refractivity contribution in [2.75, 3.05) is 6.54 Å². The van der Waals surface area contributed by atoms with E-state index >= 15 is 0 Å². The Kier molecular flexibility index (Phi) is 2.73. The number of fused-ring (bicyclic) bond motifs is 5. The molecule has 2 aliphatic carbocycles. The van der Waals surface area contributed by atoms with Gasteiger partial charge in [-0.15, -0.1) is 13.2 Å². The van der Waals surface area contributed by atoms with Gasteiger partial charge in [0.15, 0.2) is 0 Å². The molecule has 1 saturated heterocycles. The molecular weight excluding hydrogens is 238 g/mol. The molecule has 100 valence electrons. The van der Waals surface area contributed by atoms with E-state index in [0.29, 0.717) is 6.54 Å². The summed E-state index contributed by atoms with van der Waals surface area (Å²) in [6.45, 7) is 7.74. The minimum Gasteiger partial charge on any atom is -0.278 e. The average molecular weight is 257 g/mol. The van der Waals surface area contributed by atoms with Crippen LogP contribution in [0.15, 0.2) is 37.5 Å². The first-order valence-electron chi connectivity index (χ1n) is 6.91. The number of hydrogen-bond donors (Lipinski definition) is 0. The van der Waals surface area contributed by atoms with Gasteiger partial charge in [0, 0.05) is 12.0 Å². The van der Waals surface area contributed by atoms with Crippen LogP contribution in [0.5, 0.6) is 0 Å². The fourth-order valence-electron chi connectivity index (χ4n) is 4.17. The Balaban J connectivity index is 1.94. The zero-order valence-electron chi connectivity index (χ0n) is 11.0. The van der Waals surface area contributed by atoms with Crippen molar-refractivity contribution < 1.29 is 9.59 Å². The van der Waals surface area contributed by atoms with E-state index in [9.17, 15) is 9.59 Å². The SMILES string of the molecule is C=CCCC12C=CC(C1)C1C(=O)N(CC=C)C(=O)C12. The second-order valence-corrected chi connectivity index (χ2v) is 5.87. The summed E-state index contributed by atoms with van der Waals surface area (Å²) in [7, 11) is 0. The molecule has 3 heteroatoms. The van der Waals surface area contributed by atoms with E-state index in [0.717, 1.165) is 19.3 Å². The molecule has 0 aromatic carbocycles. The lowest BCUT2D eigenvalue weighted by Crippen LogP contribution is -2.35. The molecule has 0 N–H and O–H groups in total. The third-order valence-corrected chi connectivity index (χ3v) is 4.94. The molecule has 0 aromatic heterocycles. The number of rotatable bonds is 5. The minimum absolute atomic E-state index is 0.00438. The van der Waals surface area contributed by atoms with Gasteiger partial charge in [-0.3, -0.25) is 14.5 Å². The fourth-order valence-corrected chi connectivity index (χ4v) is 4.17. The summed E-state index contributed by atoms with van der Waals surface area (Å²) in [5.41, 5.74) is -0.105. The smallest absolute Gasteiger partial charge is 0.234 e. The molecule has 4 atom stereocenters. The Bertz CT molecular complexity index is 493. The molecule has 4 unspecified atom stereocenters. The second-order valence-electron chi connectivity index (χ2n) is 5.87. The fraction of sp³-hybridized carbons (Fsp3) is 0.500. The van der Waals surface area contributed by atoms with Crippen molar-refractivity contribution in [2.45, 2.75) is 19.3 Å². The summed E-state index contributed by atoms with van der Waals surface area (Å²) in [6, 6.07) is 0. The number of allylic oxidation sites excluding steroid dienone is 3. The summed E-state index contributed by atoms with van der Waals surface area (Å²) in [6.07, 6.45) is 10.6. The molecule has 2 amide bonds. The van der Waals surface area contributed by atoms with Crippen LogP contribution < -0.4 is 0 Å². The molecular formula is C16H19NO2. The quantitative estimate of drug-likeness (QED) is 0.560. The monoisotopic (exact) mass is 257 g/mol. The van der Waals surface area contributed by atoms with E-state index < -0.39 is 0 Å². The number of imide groups is 1. The molecule has 19 heavy (non-hydrogen) atoms. The first kappa shape index (κ1) is 12.4. The van der Waals surface area contributed by atoms with Gasteiger partial charge in [-0.1, -0.05) is 24.3 Å². The van der Waals surface area contributed by atoms with Crippen LogP contribution in [-0.2, 0) is 9.59 Å². The highest BCUT2D eigenvalue weighted by atomic mass is 16.2. The molecule has 3 nitrogen and oxygen atoms in total. The molecule has 1 heterocycles. The lowest BCUT2D eigenvalue weighted by Gasteiger charge is -2.30. The average Bonchev–Trinajstić information content (AvgIpc) is 3.03. The summed E-state index contributed by atoms with van der Waals surface area (Å²) < 4.78 is 0. The van der Waals surface area contributed by atoms with E-state index in [1.54, 1.807) is 6.08 Å². The van der Waals surface area contributed by atoms with E-state index in [1.165, 1.54) is 4.90 Å². The highest BCUT2D eigenvalue weighted by Gasteiger charge is 2.65. The molecule has 2 bridgehead atoms. The number of carbonyl (C=O) groups excluding carboxylic acids is 2. The number of nitrogens with zero attached hydrogens (tertiary/aromatic N) is 1. The number of hydrogen-bond acceptors (Lipinski definition) is 2. The Labute approximate surface area is 113 Å². The summed E-state index contributed by atoms with van der Waals surface area (Å²) >= 11 is 0. The molecule has 1 saturated carbocycles. The van der Waals surface area contributed by atoms with Crippen LogP contribution in [0.4, 0.5) is 0 Å². The van der Waals surface area contributed by atoms with Crippen LogP contribution in [-0.4, -0.2) is 23.3 Å². The van der Waals surface area contributed by atoms with Crippen molar-refractivity contribution in [1.82, 2.24) is 4.90 Å². The van der Waals surface area contributed by atoms with Gasteiger partial charge in [-0.05, 0) is 25.2 Å². The highest BCUT2D eigenvalue weighted by molar-refractivity contribution is 6.06. The van der Waals surface area contributed by atoms with Crippen molar-refractivity contribution in [3.05, 3.63) is 37.5 Å². The largest absolute Gasteiger partial charge is 0.278 e. The predicted molar refractivity (Wildman–Crippen MR) is 73.0 cm³/mol. The topological polar surface area (TPSA) is 37.4 Å². The molecule has 2 fully saturated rings. The molecule has 3 rings (SSSR count). The van der Waals surface area contributed by atoms with Gasteiger partial charge in [0.25, 0.3) is 0 Å². The molecule has 0 spiro atoms. The summed E-state index contributed by atoms with van der Waals surface area (Å²) in [5.74, 6) is -0.00575. The van der Waals surface area contributed by atoms with E-state index in [1.807, 2.05) is 6.08 Å². The van der Waals surface area contributed by atoms with Crippen molar-refractivity contribution in [3.8, 4) is 0 Å². The third-order valence-electron chi connectivity index (χ3n) is 4.94. The Hall–Kier alpha value is -1.64. The van der Waals surface area contributed by atoms with E-state index in [4.69, 9.17) is 0 Å². The van der Waals surface area contributed by atoms with Crippen LogP contribution in [0.1, 0.15) is 19.3 Å². The zero-order chi connectivity index (χ0) is 13.6. The van der Waals surface area contributed by atoms with Gasteiger partial charge < -0.3 is 0 Å². The van der Waals surface area contributed by atoms with Gasteiger partial charge in [-0.2, -0.15) is 0 Å². The van der Waals surface area contributed by atoms with Crippen molar-refractivity contribution in [3.63, 3.8) is 0 Å². The molecule has 0 radical (unpaired) electrons. The van der Waals surface area contributed by atoms with Gasteiger partial charge in [-0.25, -0.2) is 0 Å². The predicted octanol–water partition coefficient (Wildman–Crippen LogP) is 2.32. The maximum atomic E-state index is 12.5. The maximum Gasteiger partial charge on any atom is 0.234 e. The minimum atomic E-state index is -0.144.